The van der Waals surface area contributed by atoms with Gasteiger partial charge in [0.05, 0.1) is 12.0 Å². The number of hydrogen-bond donors (Lipinski definition) is 1. The van der Waals surface area contributed by atoms with Crippen molar-refractivity contribution in [3.63, 3.8) is 0 Å². The van der Waals surface area contributed by atoms with Gasteiger partial charge in [-0.1, -0.05) is 107 Å². The zero-order valence-electron chi connectivity index (χ0n) is 25.2. The van der Waals surface area contributed by atoms with Gasteiger partial charge >= 0.3 is 0 Å². The van der Waals surface area contributed by atoms with E-state index in [0.717, 1.165) is 41.6 Å². The predicted molar refractivity (Wildman–Crippen MR) is 169 cm³/mol. The number of hydrogen-bond acceptors (Lipinski definition) is 4. The second kappa shape index (κ2) is 10.4. The van der Waals surface area contributed by atoms with Gasteiger partial charge in [0.1, 0.15) is 11.5 Å². The van der Waals surface area contributed by atoms with Gasteiger partial charge < -0.3 is 10.2 Å². The van der Waals surface area contributed by atoms with E-state index in [4.69, 9.17) is 0 Å². The highest BCUT2D eigenvalue weighted by Gasteiger charge is 2.70. The maximum Gasteiger partial charge on any atom is 0.238 e. The van der Waals surface area contributed by atoms with Crippen LogP contribution in [0.2, 0.25) is 0 Å². The van der Waals surface area contributed by atoms with Gasteiger partial charge in [0.25, 0.3) is 0 Å². The van der Waals surface area contributed by atoms with Crippen molar-refractivity contribution < 1.29 is 14.4 Å². The van der Waals surface area contributed by atoms with Gasteiger partial charge in [0, 0.05) is 22.4 Å². The van der Waals surface area contributed by atoms with Gasteiger partial charge in [-0.15, -0.1) is 0 Å². The molecule has 6 rings (SSSR count). The van der Waals surface area contributed by atoms with Gasteiger partial charge in [0.15, 0.2) is 11.6 Å². The van der Waals surface area contributed by atoms with Crippen LogP contribution in [-0.2, 0) is 21.4 Å². The Labute approximate surface area is 249 Å². The Morgan fingerprint density at radius 1 is 0.976 bits per heavy atom. The van der Waals surface area contributed by atoms with Crippen LogP contribution in [0.4, 0.5) is 11.4 Å². The number of unbranched alkanes of at least 4 members (excludes halogenated alkanes) is 2. The van der Waals surface area contributed by atoms with Gasteiger partial charge in [-0.05, 0) is 54.7 Å². The molecular weight excluding hydrogens is 520 g/mol. The summed E-state index contributed by atoms with van der Waals surface area (Å²) in [5.74, 6) is -1.35. The van der Waals surface area contributed by atoms with Crippen molar-refractivity contribution in [1.29, 1.82) is 0 Å². The van der Waals surface area contributed by atoms with Crippen molar-refractivity contribution in [2.75, 3.05) is 10.2 Å². The Kier molecular flexibility index (Phi) is 6.95. The number of ketones is 2. The Balaban J connectivity index is 1.57. The molecule has 1 N–H and O–H groups in total. The molecule has 0 aliphatic carbocycles. The Hall–Kier alpha value is -3.99. The number of amides is 1. The maximum atomic E-state index is 14.9. The Morgan fingerprint density at radius 2 is 1.71 bits per heavy atom. The SMILES string of the molecule is CCCCCc1ccc(C(=O)[C@@H]2[C@H](C(=O)C(C)(C)C)N3c4ccc(C)cc4C=C[C@@H]3[C@@]23C(=O)Nc2ccccc23)cc1. The van der Waals surface area contributed by atoms with Crippen molar-refractivity contribution in [2.45, 2.75) is 77.8 Å². The minimum Gasteiger partial charge on any atom is -0.352 e. The molecule has 0 saturated carbocycles. The lowest BCUT2D eigenvalue weighted by Gasteiger charge is -2.38. The molecule has 3 aliphatic heterocycles. The van der Waals surface area contributed by atoms with Crippen LogP contribution in [0.5, 0.6) is 0 Å². The first kappa shape index (κ1) is 28.1. The van der Waals surface area contributed by atoms with E-state index in [0.29, 0.717) is 11.3 Å². The second-order valence-electron chi connectivity index (χ2n) is 13.2. The smallest absolute Gasteiger partial charge is 0.238 e. The fraction of sp³-hybridized carbons (Fsp3) is 0.378. The minimum absolute atomic E-state index is 0.0436. The Morgan fingerprint density at radius 3 is 2.43 bits per heavy atom. The van der Waals surface area contributed by atoms with Crippen molar-refractivity contribution >= 4 is 34.9 Å². The Bertz CT molecular complexity index is 1600. The lowest BCUT2D eigenvalue weighted by Crippen LogP contribution is -2.51. The lowest BCUT2D eigenvalue weighted by molar-refractivity contribution is -0.128. The van der Waals surface area contributed by atoms with Crippen LogP contribution in [0.3, 0.4) is 0 Å². The van der Waals surface area contributed by atoms with Crippen LogP contribution >= 0.6 is 0 Å². The first-order chi connectivity index (χ1) is 20.1. The molecule has 5 heteroatoms. The molecule has 216 valence electrons. The lowest BCUT2D eigenvalue weighted by atomic mass is 9.63. The van der Waals surface area contributed by atoms with E-state index in [1.165, 1.54) is 12.0 Å². The van der Waals surface area contributed by atoms with Crippen LogP contribution in [-0.4, -0.2) is 29.6 Å². The number of nitrogens with one attached hydrogen (secondary N) is 1. The van der Waals surface area contributed by atoms with Crippen LogP contribution in [0.1, 0.15) is 79.6 Å². The number of carbonyl (C=O) groups is 3. The molecule has 3 aromatic carbocycles. The van der Waals surface area contributed by atoms with Crippen LogP contribution in [0.15, 0.2) is 72.8 Å². The topological polar surface area (TPSA) is 66.5 Å². The molecule has 0 unspecified atom stereocenters. The standard InChI is InChI=1S/C37H40N2O3/c1-6-7-8-11-24-15-17-25(18-16-24)33(40)31-32(34(41)36(3,4)5)39-29-20-14-23(2)22-26(29)19-21-30(39)37(31)27-12-9-10-13-28(27)38-35(37)42/h9-10,12-22,30-32H,6-8,11H2,1-5H3,(H,38,42)/t30-,31+,32-,37-/m1/s1. The van der Waals surface area contributed by atoms with Crippen molar-refractivity contribution in [1.82, 2.24) is 0 Å². The molecule has 3 aromatic rings. The molecule has 1 saturated heterocycles. The number of fused-ring (bicyclic) bond motifs is 6. The summed E-state index contributed by atoms with van der Waals surface area (Å²) in [5, 5.41) is 3.11. The normalized spacial score (nSPS) is 23.9. The summed E-state index contributed by atoms with van der Waals surface area (Å²) in [4.78, 5) is 46.0. The van der Waals surface area contributed by atoms with Crippen LogP contribution < -0.4 is 10.2 Å². The quantitative estimate of drug-likeness (QED) is 0.243. The average molecular weight is 561 g/mol. The average Bonchev–Trinajstić information content (AvgIpc) is 3.44. The van der Waals surface area contributed by atoms with Crippen LogP contribution in [0, 0.1) is 18.3 Å². The maximum absolute atomic E-state index is 14.9. The molecule has 5 nitrogen and oxygen atoms in total. The van der Waals surface area contributed by atoms with E-state index in [-0.39, 0.29) is 17.5 Å². The summed E-state index contributed by atoms with van der Waals surface area (Å²) in [7, 11) is 0. The highest BCUT2D eigenvalue weighted by Crippen LogP contribution is 2.58. The molecule has 1 fully saturated rings. The van der Waals surface area contributed by atoms with E-state index in [1.54, 1.807) is 0 Å². The zero-order chi connectivity index (χ0) is 29.8. The third-order valence-electron chi connectivity index (χ3n) is 9.39. The second-order valence-corrected chi connectivity index (χ2v) is 13.2. The van der Waals surface area contributed by atoms with Gasteiger partial charge in [-0.25, -0.2) is 0 Å². The third kappa shape index (κ3) is 4.24. The van der Waals surface area contributed by atoms with E-state index < -0.39 is 28.8 Å². The van der Waals surface area contributed by atoms with Crippen molar-refractivity contribution in [2.24, 2.45) is 11.3 Å². The predicted octanol–water partition coefficient (Wildman–Crippen LogP) is 7.32. The van der Waals surface area contributed by atoms with Crippen LogP contribution in [0.25, 0.3) is 6.08 Å². The summed E-state index contributed by atoms with van der Waals surface area (Å²) >= 11 is 0. The molecule has 3 aliphatic rings. The number of Topliss-reactive ketones (excluding diaryl/α,β-unsaturated/α-hetero) is 2. The van der Waals surface area contributed by atoms with E-state index in [9.17, 15) is 14.4 Å². The molecule has 4 atom stereocenters. The van der Waals surface area contributed by atoms with Gasteiger partial charge in [-0.2, -0.15) is 0 Å². The third-order valence-corrected chi connectivity index (χ3v) is 9.39. The molecule has 42 heavy (non-hydrogen) atoms. The molecule has 1 spiro atoms. The summed E-state index contributed by atoms with van der Waals surface area (Å²) in [5.41, 5.74) is 4.20. The minimum atomic E-state index is -1.27. The molecular formula is C37H40N2O3. The number of rotatable bonds is 7. The summed E-state index contributed by atoms with van der Waals surface area (Å²) in [6, 6.07) is 20.3. The fourth-order valence-electron chi connectivity index (χ4n) is 7.34. The molecule has 0 aromatic heterocycles. The largest absolute Gasteiger partial charge is 0.352 e. The number of aryl methyl sites for hydroxylation is 2. The van der Waals surface area contributed by atoms with E-state index in [2.05, 4.69) is 29.3 Å². The summed E-state index contributed by atoms with van der Waals surface area (Å²) in [6.45, 7) is 9.94. The number of anilines is 2. The van der Waals surface area contributed by atoms with Crippen molar-refractivity contribution in [3.8, 4) is 0 Å². The first-order valence-corrected chi connectivity index (χ1v) is 15.2. The van der Waals surface area contributed by atoms with Crippen molar-refractivity contribution in [3.05, 3.63) is 101 Å². The highest BCUT2D eigenvalue weighted by atomic mass is 16.2. The highest BCUT2D eigenvalue weighted by molar-refractivity contribution is 6.17. The van der Waals surface area contributed by atoms with E-state index in [1.807, 2.05) is 94.4 Å². The molecule has 0 radical (unpaired) electrons. The number of carbonyl (C=O) groups excluding carboxylic acids is 3. The monoisotopic (exact) mass is 560 g/mol. The van der Waals surface area contributed by atoms with Gasteiger partial charge in [0.2, 0.25) is 5.91 Å². The fourth-order valence-corrected chi connectivity index (χ4v) is 7.34. The van der Waals surface area contributed by atoms with Gasteiger partial charge in [-0.3, -0.25) is 14.4 Å². The number of nitrogens with zero attached hydrogens (tertiary/aromatic N) is 1. The molecule has 0 bridgehead atoms. The molecule has 3 heterocycles. The zero-order valence-corrected chi connectivity index (χ0v) is 25.2. The summed E-state index contributed by atoms with van der Waals surface area (Å²) in [6.07, 6.45) is 8.49. The molecule has 1 amide bonds. The number of benzene rings is 3. The summed E-state index contributed by atoms with van der Waals surface area (Å²) < 4.78 is 0. The number of para-hydroxylation sites is 1. The first-order valence-electron chi connectivity index (χ1n) is 15.2. The van der Waals surface area contributed by atoms with E-state index >= 15 is 0 Å².